The summed E-state index contributed by atoms with van der Waals surface area (Å²) in [5.74, 6) is -1.80. The van der Waals surface area contributed by atoms with Crippen molar-refractivity contribution in [3.8, 4) is 0 Å². The van der Waals surface area contributed by atoms with Gasteiger partial charge in [0.25, 0.3) is 5.56 Å². The topological polar surface area (TPSA) is 84.0 Å². The van der Waals surface area contributed by atoms with Crippen LogP contribution in [-0.4, -0.2) is 15.5 Å². The van der Waals surface area contributed by atoms with E-state index in [-0.39, 0.29) is 11.5 Å². The molecule has 2 N–H and O–H groups in total. The molecule has 1 aliphatic carbocycles. The Morgan fingerprint density at radius 2 is 1.93 bits per heavy atom. The molecular weight excluding hydrogens is 392 g/mol. The number of aromatic amines is 1. The van der Waals surface area contributed by atoms with Crippen LogP contribution in [0, 0.1) is 17.6 Å². The molecule has 0 bridgehead atoms. The Kier molecular flexibility index (Phi) is 5.24. The zero-order chi connectivity index (χ0) is 21.4. The molecule has 1 saturated carbocycles. The van der Waals surface area contributed by atoms with Crippen molar-refractivity contribution in [2.45, 2.75) is 38.3 Å². The van der Waals surface area contributed by atoms with Crippen molar-refractivity contribution in [1.29, 1.82) is 0 Å². The smallest absolute Gasteiger partial charge is 0.329 e. The fourth-order valence-corrected chi connectivity index (χ4v) is 3.70. The van der Waals surface area contributed by atoms with E-state index in [2.05, 4.69) is 10.3 Å². The Morgan fingerprint density at radius 3 is 2.63 bits per heavy atom. The van der Waals surface area contributed by atoms with Gasteiger partial charge in [-0.15, -0.1) is 0 Å². The maximum Gasteiger partial charge on any atom is 0.329 e. The van der Waals surface area contributed by atoms with Gasteiger partial charge in [0.15, 0.2) is 0 Å². The highest BCUT2D eigenvalue weighted by Gasteiger charge is 2.33. The molecule has 6 nitrogen and oxygen atoms in total. The van der Waals surface area contributed by atoms with Crippen molar-refractivity contribution in [3.63, 3.8) is 0 Å². The van der Waals surface area contributed by atoms with Gasteiger partial charge in [0.1, 0.15) is 17.7 Å². The van der Waals surface area contributed by atoms with Gasteiger partial charge in [0, 0.05) is 11.6 Å². The first-order valence-corrected chi connectivity index (χ1v) is 9.84. The molecule has 1 amide bonds. The number of aromatic nitrogens is 2. The first-order valence-electron chi connectivity index (χ1n) is 9.84. The number of fused-ring (bicyclic) bond motifs is 1. The van der Waals surface area contributed by atoms with E-state index in [1.54, 1.807) is 31.2 Å². The minimum absolute atomic E-state index is 0.120. The normalized spacial score (nSPS) is 15.7. The molecule has 0 aliphatic heterocycles. The van der Waals surface area contributed by atoms with Crippen LogP contribution in [0.25, 0.3) is 10.9 Å². The number of rotatable bonds is 6. The Bertz CT molecular complexity index is 1230. The van der Waals surface area contributed by atoms with Crippen LogP contribution in [0.1, 0.15) is 43.8 Å². The van der Waals surface area contributed by atoms with E-state index < -0.39 is 40.9 Å². The van der Waals surface area contributed by atoms with Gasteiger partial charge in [-0.25, -0.2) is 18.1 Å². The molecule has 0 saturated heterocycles. The summed E-state index contributed by atoms with van der Waals surface area (Å²) in [5, 5.41) is 2.99. The summed E-state index contributed by atoms with van der Waals surface area (Å²) in [7, 11) is 0. The van der Waals surface area contributed by atoms with Gasteiger partial charge < -0.3 is 10.3 Å². The van der Waals surface area contributed by atoms with Crippen molar-refractivity contribution in [2.24, 2.45) is 5.92 Å². The average Bonchev–Trinajstić information content (AvgIpc) is 3.51. The second-order valence-corrected chi connectivity index (χ2v) is 7.74. The molecule has 1 fully saturated rings. The molecule has 2 aromatic carbocycles. The third kappa shape index (κ3) is 3.90. The Labute approximate surface area is 170 Å². The lowest BCUT2D eigenvalue weighted by Crippen LogP contribution is -2.45. The maximum absolute atomic E-state index is 14.1. The summed E-state index contributed by atoms with van der Waals surface area (Å²) in [6.45, 7) is 1.57. The lowest BCUT2D eigenvalue weighted by atomic mass is 10.0. The van der Waals surface area contributed by atoms with Crippen molar-refractivity contribution in [1.82, 2.24) is 14.9 Å². The number of H-pyrrole nitrogens is 1. The average molecular weight is 413 g/mol. The highest BCUT2D eigenvalue weighted by atomic mass is 19.1. The Hall–Kier alpha value is -3.29. The summed E-state index contributed by atoms with van der Waals surface area (Å²) in [5.41, 5.74) is -0.693. The Balaban J connectivity index is 1.69. The van der Waals surface area contributed by atoms with Gasteiger partial charge in [-0.3, -0.25) is 9.59 Å². The van der Waals surface area contributed by atoms with Crippen LogP contribution in [0.3, 0.4) is 0 Å². The molecule has 0 radical (unpaired) electrons. The van der Waals surface area contributed by atoms with Crippen LogP contribution >= 0.6 is 0 Å². The van der Waals surface area contributed by atoms with Crippen molar-refractivity contribution >= 4 is 16.8 Å². The van der Waals surface area contributed by atoms with Gasteiger partial charge in [-0.2, -0.15) is 0 Å². The fraction of sp³-hybridized carbons (Fsp3) is 0.318. The predicted octanol–water partition coefficient (Wildman–Crippen LogP) is 3.19. The largest absolute Gasteiger partial charge is 0.348 e. The molecule has 2 atom stereocenters. The number of nitrogens with one attached hydrogen (secondary N) is 2. The number of nitrogens with zero attached hydrogens (tertiary/aromatic N) is 1. The van der Waals surface area contributed by atoms with Crippen LogP contribution in [0.2, 0.25) is 0 Å². The second-order valence-electron chi connectivity index (χ2n) is 7.74. The third-order valence-electron chi connectivity index (χ3n) is 5.49. The van der Waals surface area contributed by atoms with E-state index in [0.29, 0.717) is 17.3 Å². The minimum atomic E-state index is -1.02. The standard InChI is InChI=1S/C22H21F2N3O3/c1-12(15-9-8-14(23)11-17(15)24)25-20(28)19(10-13-6-7-13)27-21(29)16-4-2-3-5-18(16)26-22(27)30/h2-5,8-9,11-13,19H,6-7,10H2,1H3,(H,25,28)(H,26,30)/t12-,19-/m0/s1. The molecule has 0 spiro atoms. The van der Waals surface area contributed by atoms with Gasteiger partial charge in [0.05, 0.1) is 16.9 Å². The zero-order valence-corrected chi connectivity index (χ0v) is 16.3. The van der Waals surface area contributed by atoms with Crippen molar-refractivity contribution < 1.29 is 13.6 Å². The van der Waals surface area contributed by atoms with Gasteiger partial charge in [-0.05, 0) is 37.5 Å². The van der Waals surface area contributed by atoms with Crippen LogP contribution in [-0.2, 0) is 4.79 Å². The molecule has 30 heavy (non-hydrogen) atoms. The molecule has 8 heteroatoms. The van der Waals surface area contributed by atoms with E-state index >= 15 is 0 Å². The first kappa shape index (κ1) is 20.0. The van der Waals surface area contributed by atoms with Gasteiger partial charge in [-0.1, -0.05) is 31.0 Å². The highest BCUT2D eigenvalue weighted by molar-refractivity contribution is 5.82. The van der Waals surface area contributed by atoms with Crippen LogP contribution in [0.15, 0.2) is 52.1 Å². The van der Waals surface area contributed by atoms with Crippen molar-refractivity contribution in [2.75, 3.05) is 0 Å². The number of hydrogen-bond donors (Lipinski definition) is 2. The minimum Gasteiger partial charge on any atom is -0.348 e. The zero-order valence-electron chi connectivity index (χ0n) is 16.3. The number of benzene rings is 2. The van der Waals surface area contributed by atoms with E-state index in [0.717, 1.165) is 29.5 Å². The molecule has 3 aromatic rings. The summed E-state index contributed by atoms with van der Waals surface area (Å²) >= 11 is 0. The van der Waals surface area contributed by atoms with Crippen molar-refractivity contribution in [3.05, 3.63) is 80.5 Å². The fourth-order valence-electron chi connectivity index (χ4n) is 3.70. The summed E-state index contributed by atoms with van der Waals surface area (Å²) < 4.78 is 28.2. The number of carbonyl (C=O) groups excluding carboxylic acids is 1. The quantitative estimate of drug-likeness (QED) is 0.651. The monoisotopic (exact) mass is 413 g/mol. The SMILES string of the molecule is C[C@H](NC(=O)[C@H](CC1CC1)n1c(=O)[nH]c2ccccc2c1=O)c1ccc(F)cc1F. The number of carbonyl (C=O) groups is 1. The van der Waals surface area contributed by atoms with E-state index in [4.69, 9.17) is 0 Å². The summed E-state index contributed by atoms with van der Waals surface area (Å²) in [6, 6.07) is 7.93. The van der Waals surface area contributed by atoms with Crippen LogP contribution in [0.4, 0.5) is 8.78 Å². The number of halogens is 2. The maximum atomic E-state index is 14.1. The summed E-state index contributed by atoms with van der Waals surface area (Å²) in [6.07, 6.45) is 2.18. The van der Waals surface area contributed by atoms with E-state index in [1.165, 1.54) is 6.07 Å². The molecule has 1 heterocycles. The van der Waals surface area contributed by atoms with Crippen LogP contribution in [0.5, 0.6) is 0 Å². The molecule has 1 aromatic heterocycles. The summed E-state index contributed by atoms with van der Waals surface area (Å²) in [4.78, 5) is 41.4. The van der Waals surface area contributed by atoms with E-state index in [1.807, 2.05) is 0 Å². The third-order valence-corrected chi connectivity index (χ3v) is 5.49. The predicted molar refractivity (Wildman–Crippen MR) is 108 cm³/mol. The molecular formula is C22H21F2N3O3. The number of amides is 1. The Morgan fingerprint density at radius 1 is 1.20 bits per heavy atom. The van der Waals surface area contributed by atoms with E-state index in [9.17, 15) is 23.2 Å². The van der Waals surface area contributed by atoms with Gasteiger partial charge in [0.2, 0.25) is 5.91 Å². The highest BCUT2D eigenvalue weighted by Crippen LogP contribution is 2.36. The number of para-hydroxylation sites is 1. The van der Waals surface area contributed by atoms with Gasteiger partial charge >= 0.3 is 5.69 Å². The first-order chi connectivity index (χ1) is 14.3. The van der Waals surface area contributed by atoms with Crippen LogP contribution < -0.4 is 16.6 Å². The number of hydrogen-bond acceptors (Lipinski definition) is 3. The second kappa shape index (κ2) is 7.85. The molecule has 4 rings (SSSR count). The lowest BCUT2D eigenvalue weighted by Gasteiger charge is -2.22. The molecule has 0 unspecified atom stereocenters. The lowest BCUT2D eigenvalue weighted by molar-refractivity contribution is -0.125. The molecule has 156 valence electrons. The molecule has 1 aliphatic rings.